The zero-order valence-electron chi connectivity index (χ0n) is 15.4. The van der Waals surface area contributed by atoms with E-state index in [1.165, 1.54) is 0 Å². The number of nitrogens with zero attached hydrogens (tertiary/aromatic N) is 1. The summed E-state index contributed by atoms with van der Waals surface area (Å²) in [5.74, 6) is 0.797. The third kappa shape index (κ3) is 14.0. The predicted molar refractivity (Wildman–Crippen MR) is 93.5 cm³/mol. The van der Waals surface area contributed by atoms with Crippen LogP contribution < -0.4 is 16.0 Å². The standard InChI is InChI=1S/C16H34N4O3/c1-7-17-15(19-9-14(22)20-16(4,5)6)18-8-13(21)11-23-10-12(2)3/h12-13,21H,7-11H2,1-6H3,(H,20,22)(H2,17,18,19). The van der Waals surface area contributed by atoms with Crippen LogP contribution in [0.5, 0.6) is 0 Å². The van der Waals surface area contributed by atoms with E-state index in [2.05, 4.69) is 34.8 Å². The van der Waals surface area contributed by atoms with E-state index in [-0.39, 0.29) is 24.6 Å². The molecule has 0 aliphatic heterocycles. The molecular weight excluding hydrogens is 296 g/mol. The lowest BCUT2D eigenvalue weighted by molar-refractivity contribution is -0.121. The van der Waals surface area contributed by atoms with E-state index < -0.39 is 6.10 Å². The average Bonchev–Trinajstić information content (AvgIpc) is 2.39. The van der Waals surface area contributed by atoms with Gasteiger partial charge in [-0.3, -0.25) is 4.79 Å². The topological polar surface area (TPSA) is 95.0 Å². The van der Waals surface area contributed by atoms with E-state index in [9.17, 15) is 9.90 Å². The molecule has 136 valence electrons. The summed E-state index contributed by atoms with van der Waals surface area (Å²) in [7, 11) is 0. The molecule has 0 rings (SSSR count). The zero-order valence-corrected chi connectivity index (χ0v) is 15.4. The minimum absolute atomic E-state index is 0.0343. The fraction of sp³-hybridized carbons (Fsp3) is 0.875. The van der Waals surface area contributed by atoms with E-state index in [0.29, 0.717) is 31.6 Å². The van der Waals surface area contributed by atoms with Crippen molar-refractivity contribution in [2.24, 2.45) is 10.9 Å². The van der Waals surface area contributed by atoms with Crippen LogP contribution in [0.15, 0.2) is 4.99 Å². The molecule has 0 bridgehead atoms. The van der Waals surface area contributed by atoms with Crippen molar-refractivity contribution in [2.45, 2.75) is 53.2 Å². The Bertz CT molecular complexity index is 365. The fourth-order valence-electron chi connectivity index (χ4n) is 1.66. The van der Waals surface area contributed by atoms with Gasteiger partial charge in [-0.25, -0.2) is 4.99 Å². The highest BCUT2D eigenvalue weighted by atomic mass is 16.5. The van der Waals surface area contributed by atoms with Gasteiger partial charge in [-0.15, -0.1) is 0 Å². The number of aliphatic hydroxyl groups is 1. The van der Waals surface area contributed by atoms with Crippen molar-refractivity contribution in [3.05, 3.63) is 0 Å². The quantitative estimate of drug-likeness (QED) is 0.365. The molecule has 0 spiro atoms. The highest BCUT2D eigenvalue weighted by Gasteiger charge is 2.13. The summed E-state index contributed by atoms with van der Waals surface area (Å²) in [6.45, 7) is 13.7. The van der Waals surface area contributed by atoms with Crippen LogP contribution in [-0.2, 0) is 9.53 Å². The molecule has 0 aliphatic rings. The van der Waals surface area contributed by atoms with Gasteiger partial charge in [-0.1, -0.05) is 13.8 Å². The van der Waals surface area contributed by atoms with Crippen LogP contribution in [0.3, 0.4) is 0 Å². The second-order valence-electron chi connectivity index (χ2n) is 6.96. The second-order valence-corrected chi connectivity index (χ2v) is 6.96. The molecular formula is C16H34N4O3. The predicted octanol–water partition coefficient (Wildman–Crippen LogP) is 0.490. The molecule has 0 radical (unpaired) electrons. The summed E-state index contributed by atoms with van der Waals surface area (Å²) in [5, 5.41) is 18.8. The van der Waals surface area contributed by atoms with Gasteiger partial charge in [0.25, 0.3) is 0 Å². The summed E-state index contributed by atoms with van der Waals surface area (Å²) in [5.41, 5.74) is -0.275. The van der Waals surface area contributed by atoms with E-state index in [0.717, 1.165) is 0 Å². The maximum Gasteiger partial charge on any atom is 0.242 e. The third-order valence-corrected chi connectivity index (χ3v) is 2.51. The van der Waals surface area contributed by atoms with Gasteiger partial charge in [0.05, 0.1) is 12.7 Å². The molecule has 1 amide bonds. The van der Waals surface area contributed by atoms with E-state index in [1.807, 2.05) is 27.7 Å². The van der Waals surface area contributed by atoms with Crippen molar-refractivity contribution in [3.8, 4) is 0 Å². The van der Waals surface area contributed by atoms with Crippen LogP contribution in [0.25, 0.3) is 0 Å². The van der Waals surface area contributed by atoms with Crippen LogP contribution in [0.4, 0.5) is 0 Å². The molecule has 1 atom stereocenters. The molecule has 0 aromatic heterocycles. The Morgan fingerprint density at radius 3 is 2.39 bits per heavy atom. The Kier molecular flexibility index (Phi) is 10.6. The normalized spacial score (nSPS) is 13.8. The molecule has 0 aromatic carbocycles. The number of amides is 1. The lowest BCUT2D eigenvalue weighted by Gasteiger charge is -2.20. The van der Waals surface area contributed by atoms with E-state index >= 15 is 0 Å². The van der Waals surface area contributed by atoms with Crippen LogP contribution in [-0.4, -0.2) is 61.5 Å². The van der Waals surface area contributed by atoms with Gasteiger partial charge < -0.3 is 25.8 Å². The summed E-state index contributed by atoms with van der Waals surface area (Å²) in [6.07, 6.45) is -0.624. The number of rotatable bonds is 9. The Morgan fingerprint density at radius 1 is 1.22 bits per heavy atom. The number of hydrogen-bond donors (Lipinski definition) is 4. The van der Waals surface area contributed by atoms with Crippen molar-refractivity contribution in [2.75, 3.05) is 32.8 Å². The minimum Gasteiger partial charge on any atom is -0.389 e. The van der Waals surface area contributed by atoms with Gasteiger partial charge >= 0.3 is 0 Å². The van der Waals surface area contributed by atoms with Gasteiger partial charge in [-0.05, 0) is 33.6 Å². The Morgan fingerprint density at radius 2 is 1.87 bits per heavy atom. The first-order valence-corrected chi connectivity index (χ1v) is 8.23. The Hall–Kier alpha value is -1.34. The largest absolute Gasteiger partial charge is 0.389 e. The molecule has 0 aliphatic carbocycles. The van der Waals surface area contributed by atoms with Gasteiger partial charge in [0.15, 0.2) is 5.96 Å². The summed E-state index contributed by atoms with van der Waals surface area (Å²) >= 11 is 0. The highest BCUT2D eigenvalue weighted by molar-refractivity contribution is 5.85. The first kappa shape index (κ1) is 21.7. The molecule has 4 N–H and O–H groups in total. The van der Waals surface area contributed by atoms with Crippen molar-refractivity contribution in [1.29, 1.82) is 0 Å². The molecule has 23 heavy (non-hydrogen) atoms. The highest BCUT2D eigenvalue weighted by Crippen LogP contribution is 1.97. The number of aliphatic imine (C=N–C) groups is 1. The second kappa shape index (κ2) is 11.2. The van der Waals surface area contributed by atoms with Gasteiger partial charge in [0.2, 0.25) is 5.91 Å². The lowest BCUT2D eigenvalue weighted by atomic mass is 10.1. The number of nitrogens with one attached hydrogen (secondary N) is 3. The Balaban J connectivity index is 4.23. The molecule has 1 unspecified atom stereocenters. The molecule has 0 heterocycles. The van der Waals surface area contributed by atoms with Gasteiger partial charge in [-0.2, -0.15) is 0 Å². The van der Waals surface area contributed by atoms with Crippen molar-refractivity contribution >= 4 is 11.9 Å². The van der Waals surface area contributed by atoms with Crippen LogP contribution in [0, 0.1) is 5.92 Å². The van der Waals surface area contributed by atoms with Crippen LogP contribution in [0.2, 0.25) is 0 Å². The molecule has 7 nitrogen and oxygen atoms in total. The van der Waals surface area contributed by atoms with Crippen LogP contribution >= 0.6 is 0 Å². The maximum atomic E-state index is 11.8. The number of carbonyl (C=O) groups is 1. The average molecular weight is 330 g/mol. The molecule has 0 saturated heterocycles. The monoisotopic (exact) mass is 330 g/mol. The van der Waals surface area contributed by atoms with Crippen molar-refractivity contribution in [3.63, 3.8) is 0 Å². The maximum absolute atomic E-state index is 11.8. The number of ether oxygens (including phenoxy) is 1. The minimum atomic E-state index is -0.624. The molecule has 0 fully saturated rings. The van der Waals surface area contributed by atoms with Gasteiger partial charge in [0.1, 0.15) is 6.54 Å². The van der Waals surface area contributed by atoms with E-state index in [1.54, 1.807) is 0 Å². The van der Waals surface area contributed by atoms with Gasteiger partial charge in [0, 0.05) is 25.2 Å². The third-order valence-electron chi connectivity index (χ3n) is 2.51. The molecule has 0 aromatic rings. The number of carbonyl (C=O) groups excluding carboxylic acids is 1. The van der Waals surface area contributed by atoms with Crippen molar-refractivity contribution in [1.82, 2.24) is 16.0 Å². The fourth-order valence-corrected chi connectivity index (χ4v) is 1.66. The summed E-state index contributed by atoms with van der Waals surface area (Å²) < 4.78 is 5.39. The lowest BCUT2D eigenvalue weighted by Crippen LogP contribution is -2.44. The van der Waals surface area contributed by atoms with E-state index in [4.69, 9.17) is 4.74 Å². The molecule has 0 saturated carbocycles. The smallest absolute Gasteiger partial charge is 0.242 e. The summed E-state index contributed by atoms with van der Waals surface area (Å²) in [4.78, 5) is 16.0. The number of guanidine groups is 1. The Labute approximate surface area is 140 Å². The van der Waals surface area contributed by atoms with Crippen molar-refractivity contribution < 1.29 is 14.6 Å². The summed E-state index contributed by atoms with van der Waals surface area (Å²) in [6, 6.07) is 0. The zero-order chi connectivity index (χ0) is 17.9. The first-order valence-electron chi connectivity index (χ1n) is 8.23. The first-order chi connectivity index (χ1) is 10.6. The number of aliphatic hydroxyl groups excluding tert-OH is 1. The van der Waals surface area contributed by atoms with Crippen LogP contribution in [0.1, 0.15) is 41.5 Å². The molecule has 7 heteroatoms. The SMILES string of the molecule is CCNC(=NCC(=O)NC(C)(C)C)NCC(O)COCC(C)C. The number of hydrogen-bond acceptors (Lipinski definition) is 4.